The zero-order chi connectivity index (χ0) is 13.7. The Bertz CT molecular complexity index is 410. The summed E-state index contributed by atoms with van der Waals surface area (Å²) in [6, 6.07) is 9.74. The van der Waals surface area contributed by atoms with E-state index in [1.807, 2.05) is 35.2 Å². The summed E-state index contributed by atoms with van der Waals surface area (Å²) < 4.78 is 5.67. The van der Waals surface area contributed by atoms with Gasteiger partial charge in [0, 0.05) is 0 Å². The molecule has 0 bridgehead atoms. The van der Waals surface area contributed by atoms with Crippen LogP contribution in [0.3, 0.4) is 0 Å². The molecule has 3 nitrogen and oxygen atoms in total. The van der Waals surface area contributed by atoms with E-state index in [9.17, 15) is 4.79 Å². The molecule has 2 rings (SSSR count). The van der Waals surface area contributed by atoms with Gasteiger partial charge in [-0.1, -0.05) is 38.5 Å². The van der Waals surface area contributed by atoms with Crippen molar-refractivity contribution in [2.24, 2.45) is 5.92 Å². The van der Waals surface area contributed by atoms with E-state index in [1.54, 1.807) is 11.8 Å². The number of benzene rings is 1. The van der Waals surface area contributed by atoms with E-state index in [4.69, 9.17) is 4.74 Å². The van der Waals surface area contributed by atoms with Crippen molar-refractivity contribution in [3.63, 3.8) is 0 Å². The second-order valence-corrected chi connectivity index (χ2v) is 5.94. The van der Waals surface area contributed by atoms with Gasteiger partial charge in [0.2, 0.25) is 5.91 Å². The van der Waals surface area contributed by atoms with Crippen molar-refractivity contribution in [3.8, 4) is 5.75 Å². The Hall–Kier alpha value is -1.16. The molecule has 0 saturated carbocycles. The van der Waals surface area contributed by atoms with Crippen LogP contribution < -0.4 is 4.74 Å². The fourth-order valence-corrected chi connectivity index (χ4v) is 3.58. The number of carbonyl (C=O) groups is 1. The summed E-state index contributed by atoms with van der Waals surface area (Å²) in [5.74, 6) is 2.25. The molecule has 0 N–H and O–H groups in total. The molecule has 19 heavy (non-hydrogen) atoms. The first-order valence-electron chi connectivity index (χ1n) is 6.81. The molecule has 1 fully saturated rings. The van der Waals surface area contributed by atoms with E-state index in [-0.39, 0.29) is 5.91 Å². The van der Waals surface area contributed by atoms with E-state index in [0.29, 0.717) is 30.2 Å². The number of nitrogens with zero attached hydrogens (tertiary/aromatic N) is 1. The van der Waals surface area contributed by atoms with Gasteiger partial charge < -0.3 is 9.64 Å². The maximum atomic E-state index is 11.9. The van der Waals surface area contributed by atoms with Gasteiger partial charge in [-0.05, 0) is 18.1 Å². The van der Waals surface area contributed by atoms with E-state index in [1.165, 1.54) is 0 Å². The molecule has 0 aromatic heterocycles. The quantitative estimate of drug-likeness (QED) is 0.801. The molecule has 2 unspecified atom stereocenters. The van der Waals surface area contributed by atoms with E-state index < -0.39 is 0 Å². The average Bonchev–Trinajstić information content (AvgIpc) is 2.81. The molecule has 1 saturated heterocycles. The van der Waals surface area contributed by atoms with E-state index in [2.05, 4.69) is 13.8 Å². The topological polar surface area (TPSA) is 29.5 Å². The fourth-order valence-electron chi connectivity index (χ4n) is 2.18. The number of hydrogen-bond acceptors (Lipinski definition) is 3. The first-order valence-corrected chi connectivity index (χ1v) is 7.86. The maximum Gasteiger partial charge on any atom is 0.233 e. The highest BCUT2D eigenvalue weighted by Gasteiger charge is 2.34. The van der Waals surface area contributed by atoms with Gasteiger partial charge in [0.15, 0.2) is 0 Å². The zero-order valence-corrected chi connectivity index (χ0v) is 12.4. The van der Waals surface area contributed by atoms with Crippen molar-refractivity contribution in [2.45, 2.75) is 25.6 Å². The summed E-state index contributed by atoms with van der Waals surface area (Å²) in [6.07, 6.45) is 1.10. The van der Waals surface area contributed by atoms with E-state index in [0.717, 1.165) is 12.2 Å². The molecular weight excluding hydrogens is 258 g/mol. The predicted molar refractivity (Wildman–Crippen MR) is 79.4 cm³/mol. The number of thioether (sulfide) groups is 1. The number of rotatable bonds is 6. The van der Waals surface area contributed by atoms with Crippen LogP contribution in [0.5, 0.6) is 5.75 Å². The Kier molecular flexibility index (Phi) is 5.14. The van der Waals surface area contributed by atoms with Crippen LogP contribution in [-0.2, 0) is 4.79 Å². The highest BCUT2D eigenvalue weighted by atomic mass is 32.2. The number of carbonyl (C=O) groups excluding carboxylic acids is 1. The average molecular weight is 279 g/mol. The summed E-state index contributed by atoms with van der Waals surface area (Å²) in [4.78, 5) is 13.9. The third kappa shape index (κ3) is 3.66. The molecule has 0 spiro atoms. The monoisotopic (exact) mass is 279 g/mol. The normalized spacial score (nSPS) is 20.6. The molecule has 1 aliphatic rings. The second-order valence-electron chi connectivity index (χ2n) is 4.84. The number of para-hydroxylation sites is 1. The molecule has 1 aliphatic heterocycles. The van der Waals surface area contributed by atoms with Crippen molar-refractivity contribution in [1.29, 1.82) is 0 Å². The number of ether oxygens (including phenoxy) is 1. The smallest absolute Gasteiger partial charge is 0.233 e. The largest absolute Gasteiger partial charge is 0.492 e. The molecule has 0 radical (unpaired) electrons. The van der Waals surface area contributed by atoms with Crippen LogP contribution in [0.4, 0.5) is 0 Å². The molecule has 1 heterocycles. The van der Waals surface area contributed by atoms with Crippen LogP contribution in [0.1, 0.15) is 20.3 Å². The highest BCUT2D eigenvalue weighted by Crippen LogP contribution is 2.31. The zero-order valence-electron chi connectivity index (χ0n) is 11.5. The third-order valence-corrected chi connectivity index (χ3v) is 4.95. The third-order valence-electron chi connectivity index (χ3n) is 3.48. The maximum absolute atomic E-state index is 11.9. The number of hydrogen-bond donors (Lipinski definition) is 0. The summed E-state index contributed by atoms with van der Waals surface area (Å²) >= 11 is 1.76. The molecule has 1 amide bonds. The van der Waals surface area contributed by atoms with Crippen molar-refractivity contribution in [2.75, 3.05) is 18.9 Å². The van der Waals surface area contributed by atoms with Gasteiger partial charge in [0.05, 0.1) is 17.7 Å². The molecule has 4 heteroatoms. The summed E-state index contributed by atoms with van der Waals surface area (Å²) in [7, 11) is 0. The standard InChI is InChI=1S/C15H21NO2S/c1-3-12(2)15-16(14(17)11-19-15)9-10-18-13-7-5-4-6-8-13/h4-8,12,15H,3,9-11H2,1-2H3. The lowest BCUT2D eigenvalue weighted by atomic mass is 10.1. The van der Waals surface area contributed by atoms with Crippen LogP contribution in [0.15, 0.2) is 30.3 Å². The molecule has 0 aliphatic carbocycles. The lowest BCUT2D eigenvalue weighted by molar-refractivity contribution is -0.128. The Morgan fingerprint density at radius 2 is 2.16 bits per heavy atom. The highest BCUT2D eigenvalue weighted by molar-refractivity contribution is 8.01. The minimum atomic E-state index is 0.243. The van der Waals surface area contributed by atoms with Gasteiger partial charge in [0.25, 0.3) is 0 Å². The minimum Gasteiger partial charge on any atom is -0.492 e. The van der Waals surface area contributed by atoms with Crippen molar-refractivity contribution >= 4 is 17.7 Å². The molecule has 1 aromatic rings. The number of amides is 1. The van der Waals surface area contributed by atoms with Crippen molar-refractivity contribution in [1.82, 2.24) is 4.90 Å². The van der Waals surface area contributed by atoms with E-state index >= 15 is 0 Å². The molecular formula is C15H21NO2S. The Labute approximate surface area is 119 Å². The van der Waals surface area contributed by atoms with Gasteiger partial charge in [-0.3, -0.25) is 4.79 Å². The van der Waals surface area contributed by atoms with Gasteiger partial charge in [-0.15, -0.1) is 11.8 Å². The Balaban J connectivity index is 1.85. The van der Waals surface area contributed by atoms with Gasteiger partial charge in [-0.2, -0.15) is 0 Å². The van der Waals surface area contributed by atoms with Crippen LogP contribution in [0.2, 0.25) is 0 Å². The van der Waals surface area contributed by atoms with Gasteiger partial charge >= 0.3 is 0 Å². The van der Waals surface area contributed by atoms with Crippen molar-refractivity contribution in [3.05, 3.63) is 30.3 Å². The molecule has 104 valence electrons. The van der Waals surface area contributed by atoms with Gasteiger partial charge in [-0.25, -0.2) is 0 Å². The Morgan fingerprint density at radius 3 is 2.84 bits per heavy atom. The van der Waals surface area contributed by atoms with Crippen LogP contribution in [0.25, 0.3) is 0 Å². The summed E-state index contributed by atoms with van der Waals surface area (Å²) in [6.45, 7) is 5.62. The minimum absolute atomic E-state index is 0.243. The molecule has 1 aromatic carbocycles. The lowest BCUT2D eigenvalue weighted by Crippen LogP contribution is -2.39. The first-order chi connectivity index (χ1) is 9.22. The lowest BCUT2D eigenvalue weighted by Gasteiger charge is -2.28. The van der Waals surface area contributed by atoms with Crippen LogP contribution in [0, 0.1) is 5.92 Å². The Morgan fingerprint density at radius 1 is 1.42 bits per heavy atom. The second kappa shape index (κ2) is 6.85. The summed E-state index contributed by atoms with van der Waals surface area (Å²) in [5, 5.41) is 0.317. The summed E-state index contributed by atoms with van der Waals surface area (Å²) in [5.41, 5.74) is 0. The van der Waals surface area contributed by atoms with Gasteiger partial charge in [0.1, 0.15) is 12.4 Å². The predicted octanol–water partition coefficient (Wildman–Crippen LogP) is 3.01. The van der Waals surface area contributed by atoms with Crippen molar-refractivity contribution < 1.29 is 9.53 Å². The first kappa shape index (κ1) is 14.3. The molecule has 2 atom stereocenters. The van der Waals surface area contributed by atoms with Crippen LogP contribution in [-0.4, -0.2) is 35.1 Å². The fraction of sp³-hybridized carbons (Fsp3) is 0.533. The SMILES string of the molecule is CCC(C)C1SCC(=O)N1CCOc1ccccc1. The van der Waals surface area contributed by atoms with Crippen LogP contribution >= 0.6 is 11.8 Å².